The van der Waals surface area contributed by atoms with Crippen molar-refractivity contribution in [1.29, 1.82) is 0 Å². The van der Waals surface area contributed by atoms with E-state index in [1.165, 1.54) is 11.6 Å². The van der Waals surface area contributed by atoms with Crippen LogP contribution in [0.5, 0.6) is 0 Å². The van der Waals surface area contributed by atoms with Gasteiger partial charge in [-0.05, 0) is 46.1 Å². The molecule has 1 aromatic carbocycles. The van der Waals surface area contributed by atoms with Crippen LogP contribution in [0, 0.1) is 6.92 Å². The van der Waals surface area contributed by atoms with Gasteiger partial charge in [0.1, 0.15) is 0 Å². The summed E-state index contributed by atoms with van der Waals surface area (Å²) in [6, 6.07) is 5.83. The topological polar surface area (TPSA) is 53.4 Å². The second kappa shape index (κ2) is 4.67. The Labute approximate surface area is 130 Å². The zero-order chi connectivity index (χ0) is 16.3. The van der Waals surface area contributed by atoms with Crippen LogP contribution in [-0.2, 0) is 9.31 Å². The monoisotopic (exact) mass is 300 g/mol. The highest BCUT2D eigenvalue weighted by atomic mass is 16.7. The third kappa shape index (κ3) is 2.18. The van der Waals surface area contributed by atoms with Crippen LogP contribution in [0.1, 0.15) is 45.1 Å². The van der Waals surface area contributed by atoms with Crippen molar-refractivity contribution in [3.63, 3.8) is 0 Å². The number of nitrogens with zero attached hydrogens (tertiary/aromatic N) is 2. The summed E-state index contributed by atoms with van der Waals surface area (Å²) in [5, 5.41) is 5.25. The van der Waals surface area contributed by atoms with Gasteiger partial charge in [-0.2, -0.15) is 5.10 Å². The molecular formula is C16H21BN2O3. The van der Waals surface area contributed by atoms with Crippen molar-refractivity contribution in [3.05, 3.63) is 23.9 Å². The van der Waals surface area contributed by atoms with Crippen LogP contribution in [0.4, 0.5) is 0 Å². The largest absolute Gasteiger partial charge is 0.494 e. The van der Waals surface area contributed by atoms with Gasteiger partial charge in [0, 0.05) is 12.3 Å². The van der Waals surface area contributed by atoms with Crippen LogP contribution in [0.15, 0.2) is 18.2 Å². The molecule has 2 heterocycles. The van der Waals surface area contributed by atoms with E-state index < -0.39 is 7.12 Å². The fourth-order valence-corrected chi connectivity index (χ4v) is 2.65. The van der Waals surface area contributed by atoms with Crippen molar-refractivity contribution in [2.45, 2.75) is 52.7 Å². The van der Waals surface area contributed by atoms with Gasteiger partial charge in [-0.25, -0.2) is 4.68 Å². The van der Waals surface area contributed by atoms with Crippen LogP contribution >= 0.6 is 0 Å². The lowest BCUT2D eigenvalue weighted by Gasteiger charge is -2.32. The Morgan fingerprint density at radius 3 is 2.32 bits per heavy atom. The maximum Gasteiger partial charge on any atom is 0.494 e. The smallest absolute Gasteiger partial charge is 0.399 e. The first kappa shape index (κ1) is 15.2. The van der Waals surface area contributed by atoms with Crippen molar-refractivity contribution >= 4 is 29.4 Å². The highest BCUT2D eigenvalue weighted by Crippen LogP contribution is 2.36. The maximum absolute atomic E-state index is 11.6. The molecule has 0 atom stereocenters. The van der Waals surface area contributed by atoms with Crippen LogP contribution in [0.3, 0.4) is 0 Å². The number of aromatic nitrogens is 2. The third-order valence-corrected chi connectivity index (χ3v) is 4.71. The predicted molar refractivity (Wildman–Crippen MR) is 86.5 cm³/mol. The normalized spacial score (nSPS) is 19.8. The van der Waals surface area contributed by atoms with Crippen molar-refractivity contribution in [3.8, 4) is 0 Å². The molecule has 22 heavy (non-hydrogen) atoms. The molecule has 5 nitrogen and oxygen atoms in total. The molecule has 1 saturated heterocycles. The second-order valence-electron chi connectivity index (χ2n) is 6.88. The first-order valence-corrected chi connectivity index (χ1v) is 7.48. The molecule has 0 amide bonds. The second-order valence-corrected chi connectivity index (χ2v) is 6.88. The van der Waals surface area contributed by atoms with E-state index in [0.29, 0.717) is 0 Å². The van der Waals surface area contributed by atoms with E-state index in [9.17, 15) is 4.79 Å². The summed E-state index contributed by atoms with van der Waals surface area (Å²) in [4.78, 5) is 11.6. The van der Waals surface area contributed by atoms with E-state index in [-0.39, 0.29) is 17.1 Å². The van der Waals surface area contributed by atoms with Gasteiger partial charge in [-0.1, -0.05) is 12.1 Å². The number of hydrogen-bond acceptors (Lipinski definition) is 4. The number of aryl methyl sites for hydroxylation is 1. The van der Waals surface area contributed by atoms with Gasteiger partial charge in [0.05, 0.1) is 22.4 Å². The molecule has 1 aromatic heterocycles. The molecule has 0 radical (unpaired) electrons. The number of rotatable bonds is 1. The summed E-state index contributed by atoms with van der Waals surface area (Å²) >= 11 is 0. The molecule has 0 spiro atoms. The fraction of sp³-hybridized carbons (Fsp3) is 0.500. The molecule has 116 valence electrons. The van der Waals surface area contributed by atoms with Gasteiger partial charge >= 0.3 is 7.12 Å². The molecule has 0 unspecified atom stereocenters. The summed E-state index contributed by atoms with van der Waals surface area (Å²) in [5.41, 5.74) is 1.84. The van der Waals surface area contributed by atoms with Gasteiger partial charge < -0.3 is 9.31 Å². The third-order valence-electron chi connectivity index (χ3n) is 4.71. The Kier molecular flexibility index (Phi) is 3.24. The summed E-state index contributed by atoms with van der Waals surface area (Å²) in [6.07, 6.45) is 0. The standard InChI is InChI=1S/C16H21BN2O3/c1-10-13-9-12(7-8-14(13)19(18-10)11(2)20)17-21-15(3,4)16(5,6)22-17/h7-9H,1-6H3. The highest BCUT2D eigenvalue weighted by Gasteiger charge is 2.51. The zero-order valence-electron chi connectivity index (χ0n) is 13.9. The Hall–Kier alpha value is -1.66. The minimum atomic E-state index is -0.408. The molecular weight excluding hydrogens is 279 g/mol. The van der Waals surface area contributed by atoms with Crippen LogP contribution in [-0.4, -0.2) is 34.0 Å². The average molecular weight is 300 g/mol. The average Bonchev–Trinajstić information content (AvgIpc) is 2.84. The van der Waals surface area contributed by atoms with Gasteiger partial charge in [-0.15, -0.1) is 0 Å². The van der Waals surface area contributed by atoms with Crippen LogP contribution in [0.25, 0.3) is 10.9 Å². The van der Waals surface area contributed by atoms with Crippen molar-refractivity contribution < 1.29 is 14.1 Å². The van der Waals surface area contributed by atoms with Gasteiger partial charge in [-0.3, -0.25) is 4.79 Å². The summed E-state index contributed by atoms with van der Waals surface area (Å²) in [7, 11) is -0.408. The van der Waals surface area contributed by atoms with Crippen molar-refractivity contribution in [2.24, 2.45) is 0 Å². The number of benzene rings is 1. The van der Waals surface area contributed by atoms with E-state index in [2.05, 4.69) is 5.10 Å². The summed E-state index contributed by atoms with van der Waals surface area (Å²) < 4.78 is 13.6. The molecule has 0 aliphatic carbocycles. The zero-order valence-corrected chi connectivity index (χ0v) is 13.9. The molecule has 1 aliphatic heterocycles. The maximum atomic E-state index is 11.6. The molecule has 2 aromatic rings. The summed E-state index contributed by atoms with van der Waals surface area (Å²) in [5.74, 6) is -0.0958. The SMILES string of the molecule is CC(=O)n1nc(C)c2cc(B3OC(C)(C)C(C)(C)O3)ccc21. The van der Waals surface area contributed by atoms with Gasteiger partial charge in [0.2, 0.25) is 5.91 Å². The predicted octanol–water partition coefficient (Wildman–Crippen LogP) is 2.30. The quantitative estimate of drug-likeness (QED) is 0.758. The molecule has 1 aliphatic rings. The van der Waals surface area contributed by atoms with E-state index in [1.54, 1.807) is 0 Å². The molecule has 6 heteroatoms. The minimum Gasteiger partial charge on any atom is -0.399 e. The molecule has 3 rings (SSSR count). The van der Waals surface area contributed by atoms with E-state index in [4.69, 9.17) is 9.31 Å². The number of hydrogen-bond donors (Lipinski definition) is 0. The van der Waals surface area contributed by atoms with Crippen molar-refractivity contribution in [1.82, 2.24) is 9.78 Å². The van der Waals surface area contributed by atoms with E-state index >= 15 is 0 Å². The van der Waals surface area contributed by atoms with E-state index in [0.717, 1.165) is 22.1 Å². The Morgan fingerprint density at radius 1 is 1.18 bits per heavy atom. The fourth-order valence-electron chi connectivity index (χ4n) is 2.65. The first-order valence-electron chi connectivity index (χ1n) is 7.48. The Balaban J connectivity index is 2.04. The molecule has 0 bridgehead atoms. The lowest BCUT2D eigenvalue weighted by Crippen LogP contribution is -2.41. The lowest BCUT2D eigenvalue weighted by molar-refractivity contribution is 0.00578. The molecule has 0 N–H and O–H groups in total. The number of carbonyl (C=O) groups excluding carboxylic acids is 1. The lowest BCUT2D eigenvalue weighted by atomic mass is 9.78. The number of carbonyl (C=O) groups is 1. The molecule has 0 saturated carbocycles. The number of fused-ring (bicyclic) bond motifs is 1. The van der Waals surface area contributed by atoms with Gasteiger partial charge in [0.25, 0.3) is 0 Å². The van der Waals surface area contributed by atoms with Crippen LogP contribution in [0.2, 0.25) is 0 Å². The highest BCUT2D eigenvalue weighted by molar-refractivity contribution is 6.62. The van der Waals surface area contributed by atoms with Crippen LogP contribution < -0.4 is 5.46 Å². The Bertz CT molecular complexity index is 748. The van der Waals surface area contributed by atoms with E-state index in [1.807, 2.05) is 52.8 Å². The summed E-state index contributed by atoms with van der Waals surface area (Å²) in [6.45, 7) is 11.5. The van der Waals surface area contributed by atoms with Gasteiger partial charge in [0.15, 0.2) is 0 Å². The minimum absolute atomic E-state index is 0.0958. The first-order chi connectivity index (χ1) is 10.1. The van der Waals surface area contributed by atoms with Crippen molar-refractivity contribution in [2.75, 3.05) is 0 Å². The molecule has 1 fully saturated rings. The Morgan fingerprint density at radius 2 is 1.77 bits per heavy atom.